The first-order chi connectivity index (χ1) is 23.1. The molecule has 1 aromatic carbocycles. The van der Waals surface area contributed by atoms with Gasteiger partial charge in [0.05, 0.1) is 43.4 Å². The van der Waals surface area contributed by atoms with Crippen LogP contribution >= 0.6 is 0 Å². The van der Waals surface area contributed by atoms with E-state index in [0.29, 0.717) is 82.0 Å². The monoisotopic (exact) mass is 712 g/mol. The highest BCUT2D eigenvalue weighted by Crippen LogP contribution is 2.37. The van der Waals surface area contributed by atoms with Gasteiger partial charge < -0.3 is 25.0 Å². The number of amides is 2. The van der Waals surface area contributed by atoms with Crippen molar-refractivity contribution < 1.29 is 41.0 Å². The van der Waals surface area contributed by atoms with Crippen molar-refractivity contribution in [3.05, 3.63) is 40.6 Å². The van der Waals surface area contributed by atoms with Crippen molar-refractivity contribution in [3.63, 3.8) is 0 Å². The average molecular weight is 713 g/mol. The van der Waals surface area contributed by atoms with Crippen molar-refractivity contribution in [2.75, 3.05) is 58.7 Å². The number of alkyl halides is 3. The predicted octanol–water partition coefficient (Wildman–Crippen LogP) is 2.48. The maximum absolute atomic E-state index is 14.0. The first-order valence-electron chi connectivity index (χ1n) is 16.9. The zero-order chi connectivity index (χ0) is 35.5. The van der Waals surface area contributed by atoms with Gasteiger partial charge in [-0.05, 0) is 49.5 Å². The van der Waals surface area contributed by atoms with Gasteiger partial charge in [0.25, 0.3) is 0 Å². The highest BCUT2D eigenvalue weighted by atomic mass is 32.2. The highest BCUT2D eigenvalue weighted by Gasteiger charge is 2.35. The molecule has 0 bridgehead atoms. The van der Waals surface area contributed by atoms with Gasteiger partial charge in [0.15, 0.2) is 0 Å². The van der Waals surface area contributed by atoms with Crippen molar-refractivity contribution in [1.29, 1.82) is 0 Å². The molecule has 12 nitrogen and oxygen atoms in total. The van der Waals surface area contributed by atoms with E-state index in [1.54, 1.807) is 4.68 Å². The van der Waals surface area contributed by atoms with Crippen LogP contribution in [0.5, 0.6) is 0 Å². The van der Waals surface area contributed by atoms with Crippen LogP contribution in [0.15, 0.2) is 18.2 Å². The lowest BCUT2D eigenvalue weighted by molar-refractivity contribution is -0.141. The Morgan fingerprint density at radius 3 is 2.41 bits per heavy atom. The Morgan fingerprint density at radius 2 is 1.78 bits per heavy atom. The van der Waals surface area contributed by atoms with Crippen LogP contribution in [0.2, 0.25) is 0 Å². The van der Waals surface area contributed by atoms with E-state index in [4.69, 9.17) is 9.84 Å². The van der Waals surface area contributed by atoms with E-state index in [1.165, 1.54) is 16.4 Å². The molecule has 5 rings (SSSR count). The van der Waals surface area contributed by atoms with Crippen molar-refractivity contribution in [2.24, 2.45) is 11.8 Å². The van der Waals surface area contributed by atoms with Crippen LogP contribution in [0.4, 0.5) is 13.2 Å². The van der Waals surface area contributed by atoms with Crippen LogP contribution in [0, 0.1) is 11.8 Å². The number of rotatable bonds is 11. The fourth-order valence-electron chi connectivity index (χ4n) is 6.89. The maximum Gasteiger partial charge on any atom is 0.416 e. The Kier molecular flexibility index (Phi) is 11.7. The molecule has 3 aliphatic rings. The third kappa shape index (κ3) is 9.39. The van der Waals surface area contributed by atoms with Crippen LogP contribution in [-0.2, 0) is 56.6 Å². The van der Waals surface area contributed by atoms with Crippen LogP contribution in [-0.4, -0.2) is 114 Å². The van der Waals surface area contributed by atoms with Crippen molar-refractivity contribution in [2.45, 2.75) is 71.4 Å². The summed E-state index contributed by atoms with van der Waals surface area (Å²) in [4.78, 5) is 29.2. The second-order valence-electron chi connectivity index (χ2n) is 13.7. The standard InChI is InChI=1S/C33H47F3N6O6S/c1-22(2)16-30(44)37-18-25-17-24(4-5-28(25)33(34,35)36)31-27-21-41(49(3,46)47)11-8-29(27)42(38-31)20-26(43)19-39-9-6-23(7-10-39)32(45)40-12-14-48-15-13-40/h4-5,17,22-23,26,43H,6-16,18-21H2,1-3H3,(H,37,44). The second-order valence-corrected chi connectivity index (χ2v) is 15.7. The number of nitrogens with one attached hydrogen (secondary N) is 1. The van der Waals surface area contributed by atoms with Gasteiger partial charge in [-0.3, -0.25) is 14.3 Å². The number of β-amino-alcohol motifs (C(OH)–C–C–N with tert-alkyl or cyclic N) is 1. The molecule has 4 heterocycles. The minimum Gasteiger partial charge on any atom is -0.390 e. The fraction of sp³-hybridized carbons (Fsp3) is 0.667. The molecule has 0 aliphatic carbocycles. The summed E-state index contributed by atoms with van der Waals surface area (Å²) in [5, 5.41) is 18.5. The molecule has 272 valence electrons. The number of piperidine rings is 1. The number of aliphatic hydroxyl groups excluding tert-OH is 1. The smallest absolute Gasteiger partial charge is 0.390 e. The number of carbonyl (C=O) groups is 2. The van der Waals surface area contributed by atoms with Crippen LogP contribution in [0.1, 0.15) is 55.5 Å². The molecule has 2 fully saturated rings. The maximum atomic E-state index is 14.0. The number of hydrogen-bond donors (Lipinski definition) is 2. The van der Waals surface area contributed by atoms with Gasteiger partial charge in [-0.15, -0.1) is 0 Å². The Bertz CT molecular complexity index is 1600. The fourth-order valence-corrected chi connectivity index (χ4v) is 7.68. The molecule has 2 amide bonds. The third-order valence-electron chi connectivity index (χ3n) is 9.43. The van der Waals surface area contributed by atoms with Crippen molar-refractivity contribution in [3.8, 4) is 11.3 Å². The normalized spacial score (nSPS) is 19.2. The van der Waals surface area contributed by atoms with E-state index in [9.17, 15) is 36.3 Å². The zero-order valence-corrected chi connectivity index (χ0v) is 29.2. The molecule has 0 spiro atoms. The van der Waals surface area contributed by atoms with Crippen LogP contribution in [0.3, 0.4) is 0 Å². The Morgan fingerprint density at radius 1 is 1.08 bits per heavy atom. The van der Waals surface area contributed by atoms with Crippen LogP contribution < -0.4 is 5.32 Å². The summed E-state index contributed by atoms with van der Waals surface area (Å²) in [6.07, 6.45) is -2.50. The minimum atomic E-state index is -4.66. The lowest BCUT2D eigenvalue weighted by atomic mass is 9.95. The molecule has 2 N–H and O–H groups in total. The van der Waals surface area contributed by atoms with E-state index < -0.39 is 27.9 Å². The molecule has 1 atom stereocenters. The minimum absolute atomic E-state index is 0.00817. The van der Waals surface area contributed by atoms with E-state index in [2.05, 4.69) is 10.2 Å². The molecule has 2 saturated heterocycles. The number of carbonyl (C=O) groups excluding carboxylic acids is 2. The third-order valence-corrected chi connectivity index (χ3v) is 10.7. The van der Waals surface area contributed by atoms with E-state index in [0.717, 1.165) is 18.0 Å². The first kappa shape index (κ1) is 37.2. The number of benzene rings is 1. The van der Waals surface area contributed by atoms with Crippen LogP contribution in [0.25, 0.3) is 11.3 Å². The molecule has 49 heavy (non-hydrogen) atoms. The summed E-state index contributed by atoms with van der Waals surface area (Å²) in [5.41, 5.74) is 0.973. The summed E-state index contributed by atoms with van der Waals surface area (Å²) >= 11 is 0. The molecular formula is C33H47F3N6O6S. The largest absolute Gasteiger partial charge is 0.416 e. The number of hydrogen-bond acceptors (Lipinski definition) is 8. The summed E-state index contributed by atoms with van der Waals surface area (Å²) in [5.74, 6) is -0.219. The summed E-state index contributed by atoms with van der Waals surface area (Å²) in [6.45, 7) is 7.64. The average Bonchev–Trinajstić information content (AvgIpc) is 3.40. The van der Waals surface area contributed by atoms with E-state index >= 15 is 0 Å². The number of likely N-dealkylation sites (tertiary alicyclic amines) is 1. The Balaban J connectivity index is 1.34. The molecule has 0 saturated carbocycles. The molecule has 1 aromatic heterocycles. The predicted molar refractivity (Wildman–Crippen MR) is 175 cm³/mol. The number of ether oxygens (including phenoxy) is 1. The summed E-state index contributed by atoms with van der Waals surface area (Å²) < 4.78 is 75.3. The van der Waals surface area contributed by atoms with Gasteiger partial charge in [-0.25, -0.2) is 8.42 Å². The molecule has 0 radical (unpaired) electrons. The number of sulfonamides is 1. The lowest BCUT2D eigenvalue weighted by Gasteiger charge is -2.36. The summed E-state index contributed by atoms with van der Waals surface area (Å²) in [7, 11) is -3.57. The van der Waals surface area contributed by atoms with Gasteiger partial charge in [0, 0.05) is 74.8 Å². The Hall–Kier alpha value is -3.05. The number of aromatic nitrogens is 2. The molecule has 16 heteroatoms. The van der Waals surface area contributed by atoms with Gasteiger partial charge in [0.1, 0.15) is 0 Å². The van der Waals surface area contributed by atoms with Gasteiger partial charge in [-0.1, -0.05) is 19.9 Å². The topological polar surface area (TPSA) is 137 Å². The lowest BCUT2D eigenvalue weighted by Crippen LogP contribution is -2.47. The molecule has 1 unspecified atom stereocenters. The van der Waals surface area contributed by atoms with Gasteiger partial charge >= 0.3 is 6.18 Å². The van der Waals surface area contributed by atoms with Crippen molar-refractivity contribution >= 4 is 21.8 Å². The van der Waals surface area contributed by atoms with Crippen molar-refractivity contribution in [1.82, 2.24) is 29.2 Å². The second kappa shape index (κ2) is 15.5. The first-order valence-corrected chi connectivity index (χ1v) is 18.7. The highest BCUT2D eigenvalue weighted by molar-refractivity contribution is 7.88. The summed E-state index contributed by atoms with van der Waals surface area (Å²) in [6, 6.07) is 3.63. The SMILES string of the molecule is CC(C)CC(=O)NCc1cc(-c2nn(CC(O)CN3CCC(C(=O)N4CCOCC4)CC3)c3c2CN(S(C)(=O)=O)CC3)ccc1C(F)(F)F. The van der Waals surface area contributed by atoms with E-state index in [-0.39, 0.29) is 61.8 Å². The van der Waals surface area contributed by atoms with E-state index in [1.807, 2.05) is 18.7 Å². The number of nitrogens with zero attached hydrogens (tertiary/aromatic N) is 5. The zero-order valence-electron chi connectivity index (χ0n) is 28.3. The number of halogens is 3. The number of aliphatic hydroxyl groups is 1. The molecular weight excluding hydrogens is 665 g/mol. The van der Waals surface area contributed by atoms with Gasteiger partial charge in [-0.2, -0.15) is 22.6 Å². The Labute approximate surface area is 285 Å². The number of fused-ring (bicyclic) bond motifs is 1. The quantitative estimate of drug-likeness (QED) is 0.363. The van der Waals surface area contributed by atoms with Gasteiger partial charge in [0.2, 0.25) is 21.8 Å². The molecule has 3 aliphatic heterocycles. The number of morpholine rings is 1. The molecule has 2 aromatic rings.